The van der Waals surface area contributed by atoms with Crippen molar-refractivity contribution in [1.29, 1.82) is 0 Å². The number of amides is 2. The van der Waals surface area contributed by atoms with Gasteiger partial charge in [-0.3, -0.25) is 9.59 Å². The molecule has 7 heteroatoms. The topological polar surface area (TPSA) is 98.1 Å². The lowest BCUT2D eigenvalue weighted by atomic mass is 10.2. The molecule has 3 N–H and O–H groups in total. The number of rotatable bonds is 2. The van der Waals surface area contributed by atoms with E-state index in [1.807, 2.05) is 0 Å². The van der Waals surface area contributed by atoms with Gasteiger partial charge in [-0.15, -0.1) is 0 Å². The molecule has 1 heterocycles. The molecule has 0 radical (unpaired) electrons. The summed E-state index contributed by atoms with van der Waals surface area (Å²) >= 11 is 0.760. The number of hydrogen-bond acceptors (Lipinski definition) is 6. The van der Waals surface area contributed by atoms with Gasteiger partial charge in [0.15, 0.2) is 11.5 Å². The zero-order valence-corrected chi connectivity index (χ0v) is 12.4. The van der Waals surface area contributed by atoms with Gasteiger partial charge in [-0.1, -0.05) is 12.1 Å². The molecule has 0 bridgehead atoms. The third-order valence-electron chi connectivity index (χ3n) is 3.18. The van der Waals surface area contributed by atoms with Gasteiger partial charge in [-0.2, -0.15) is 0 Å². The second-order valence-corrected chi connectivity index (χ2v) is 5.78. The Balaban J connectivity index is 1.94. The number of phenols is 3. The highest BCUT2D eigenvalue weighted by atomic mass is 32.2. The Morgan fingerprint density at radius 2 is 1.74 bits per heavy atom. The van der Waals surface area contributed by atoms with Gasteiger partial charge in [-0.25, -0.2) is 4.90 Å². The maximum atomic E-state index is 12.4. The number of anilines is 1. The molecule has 23 heavy (non-hydrogen) atoms. The van der Waals surface area contributed by atoms with Crippen molar-refractivity contribution < 1.29 is 24.9 Å². The van der Waals surface area contributed by atoms with E-state index in [-0.39, 0.29) is 27.8 Å². The van der Waals surface area contributed by atoms with E-state index < -0.39 is 11.1 Å². The third kappa shape index (κ3) is 2.86. The van der Waals surface area contributed by atoms with Crippen LogP contribution in [0.4, 0.5) is 10.5 Å². The molecule has 0 spiro atoms. The highest BCUT2D eigenvalue weighted by Gasteiger charge is 2.36. The van der Waals surface area contributed by atoms with Gasteiger partial charge in [0, 0.05) is 6.07 Å². The Bertz CT molecular complexity index is 846. The number of carbonyl (C=O) groups is 2. The molecule has 0 saturated carbocycles. The molecule has 2 aromatic carbocycles. The molecule has 116 valence electrons. The van der Waals surface area contributed by atoms with Crippen molar-refractivity contribution in [1.82, 2.24) is 0 Å². The summed E-state index contributed by atoms with van der Waals surface area (Å²) in [6.45, 7) is 0. The lowest BCUT2D eigenvalue weighted by Gasteiger charge is -2.12. The molecular weight excluding hydrogens is 318 g/mol. The second kappa shape index (κ2) is 5.69. The minimum Gasteiger partial charge on any atom is -0.508 e. The predicted molar refractivity (Wildman–Crippen MR) is 86.3 cm³/mol. The van der Waals surface area contributed by atoms with Gasteiger partial charge in [0.2, 0.25) is 0 Å². The van der Waals surface area contributed by atoms with Crippen molar-refractivity contribution in [2.45, 2.75) is 0 Å². The van der Waals surface area contributed by atoms with E-state index in [1.54, 1.807) is 6.07 Å². The maximum absolute atomic E-state index is 12.4. The molecule has 1 aliphatic rings. The van der Waals surface area contributed by atoms with Crippen LogP contribution < -0.4 is 4.90 Å². The van der Waals surface area contributed by atoms with Crippen LogP contribution in [0.2, 0.25) is 0 Å². The quantitative estimate of drug-likeness (QED) is 0.579. The number of phenolic OH excluding ortho intramolecular Hbond substituents is 3. The van der Waals surface area contributed by atoms with Crippen LogP contribution in [0.1, 0.15) is 5.56 Å². The molecule has 1 saturated heterocycles. The first-order chi connectivity index (χ1) is 11.0. The fraction of sp³-hybridized carbons (Fsp3) is 0. The van der Waals surface area contributed by atoms with Gasteiger partial charge in [0.1, 0.15) is 5.75 Å². The van der Waals surface area contributed by atoms with Crippen molar-refractivity contribution in [3.05, 3.63) is 52.9 Å². The van der Waals surface area contributed by atoms with Gasteiger partial charge >= 0.3 is 0 Å². The highest BCUT2D eigenvalue weighted by molar-refractivity contribution is 8.19. The van der Waals surface area contributed by atoms with Crippen LogP contribution in [0.5, 0.6) is 17.2 Å². The summed E-state index contributed by atoms with van der Waals surface area (Å²) in [5, 5.41) is 27.8. The van der Waals surface area contributed by atoms with Crippen molar-refractivity contribution in [3.63, 3.8) is 0 Å². The van der Waals surface area contributed by atoms with Crippen LogP contribution in [0, 0.1) is 0 Å². The zero-order valence-electron chi connectivity index (χ0n) is 11.6. The van der Waals surface area contributed by atoms with Gasteiger partial charge in [0.25, 0.3) is 11.1 Å². The van der Waals surface area contributed by atoms with Crippen LogP contribution in [0.25, 0.3) is 6.08 Å². The van der Waals surface area contributed by atoms with Crippen molar-refractivity contribution in [2.75, 3.05) is 4.90 Å². The summed E-state index contributed by atoms with van der Waals surface area (Å²) in [6.07, 6.45) is 1.45. The number of thioether (sulfide) groups is 1. The number of benzene rings is 2. The number of nitrogens with zero attached hydrogens (tertiary/aromatic N) is 1. The summed E-state index contributed by atoms with van der Waals surface area (Å²) in [6, 6.07) is 9.94. The van der Waals surface area contributed by atoms with Crippen LogP contribution in [-0.2, 0) is 4.79 Å². The average molecular weight is 329 g/mol. The largest absolute Gasteiger partial charge is 0.508 e. The normalized spacial score (nSPS) is 16.3. The predicted octanol–water partition coefficient (Wildman–Crippen LogP) is 3.04. The lowest BCUT2D eigenvalue weighted by molar-refractivity contribution is -0.113. The van der Waals surface area contributed by atoms with Gasteiger partial charge < -0.3 is 15.3 Å². The molecule has 0 aromatic heterocycles. The molecular formula is C16H11NO5S. The summed E-state index contributed by atoms with van der Waals surface area (Å²) in [5.41, 5.74) is 0.756. The number of aromatic hydroxyl groups is 3. The molecule has 3 rings (SSSR count). The molecule has 0 unspecified atom stereocenters. The summed E-state index contributed by atoms with van der Waals surface area (Å²) in [5.74, 6) is -1.15. The van der Waals surface area contributed by atoms with E-state index in [0.717, 1.165) is 16.7 Å². The van der Waals surface area contributed by atoms with Gasteiger partial charge in [0.05, 0.1) is 10.6 Å². The van der Waals surface area contributed by atoms with Crippen LogP contribution in [0.15, 0.2) is 47.4 Å². The zero-order chi connectivity index (χ0) is 16.6. The Morgan fingerprint density at radius 1 is 0.957 bits per heavy atom. The molecule has 2 amide bonds. The van der Waals surface area contributed by atoms with E-state index in [0.29, 0.717) is 5.56 Å². The molecule has 2 aromatic rings. The van der Waals surface area contributed by atoms with Crippen LogP contribution in [-0.4, -0.2) is 26.5 Å². The third-order valence-corrected chi connectivity index (χ3v) is 4.05. The Labute approximate surface area is 135 Å². The van der Waals surface area contributed by atoms with Crippen molar-refractivity contribution in [3.8, 4) is 17.2 Å². The second-order valence-electron chi connectivity index (χ2n) is 4.79. The summed E-state index contributed by atoms with van der Waals surface area (Å²) in [7, 11) is 0. The first-order valence-corrected chi connectivity index (χ1v) is 7.36. The monoisotopic (exact) mass is 329 g/mol. The first-order valence-electron chi connectivity index (χ1n) is 6.54. The van der Waals surface area contributed by atoms with Crippen molar-refractivity contribution >= 4 is 34.7 Å². The fourth-order valence-electron chi connectivity index (χ4n) is 2.10. The SMILES string of the molecule is O=C1S/C(=C\c2ccc(O)c(O)c2)C(=O)N1c1cccc(O)c1. The lowest BCUT2D eigenvalue weighted by Crippen LogP contribution is -2.27. The molecule has 1 fully saturated rings. The fourth-order valence-corrected chi connectivity index (χ4v) is 2.95. The standard InChI is InChI=1S/C16H11NO5S/c18-11-3-1-2-10(8-11)17-15(21)14(23-16(17)22)7-9-4-5-12(19)13(20)6-9/h1-8,18-20H/b14-7-. The summed E-state index contributed by atoms with van der Waals surface area (Å²) < 4.78 is 0. The van der Waals surface area contributed by atoms with E-state index in [4.69, 9.17) is 0 Å². The number of hydrogen-bond donors (Lipinski definition) is 3. The average Bonchev–Trinajstić information content (AvgIpc) is 2.77. The Kier molecular flexibility index (Phi) is 3.71. The Morgan fingerprint density at radius 3 is 2.43 bits per heavy atom. The van der Waals surface area contributed by atoms with E-state index in [1.165, 1.54) is 42.5 Å². The first kappa shape index (κ1) is 15.0. The minimum atomic E-state index is -0.516. The highest BCUT2D eigenvalue weighted by Crippen LogP contribution is 2.37. The van der Waals surface area contributed by atoms with E-state index in [2.05, 4.69) is 0 Å². The number of carbonyl (C=O) groups excluding carboxylic acids is 2. The molecule has 0 atom stereocenters. The Hall–Kier alpha value is -2.93. The smallest absolute Gasteiger partial charge is 0.298 e. The van der Waals surface area contributed by atoms with Crippen LogP contribution >= 0.6 is 11.8 Å². The van der Waals surface area contributed by atoms with Crippen molar-refractivity contribution in [2.24, 2.45) is 0 Å². The molecule has 0 aliphatic carbocycles. The molecule has 1 aliphatic heterocycles. The number of imide groups is 1. The van der Waals surface area contributed by atoms with Crippen LogP contribution in [0.3, 0.4) is 0 Å². The van der Waals surface area contributed by atoms with Gasteiger partial charge in [-0.05, 0) is 47.7 Å². The maximum Gasteiger partial charge on any atom is 0.298 e. The minimum absolute atomic E-state index is 0.0472. The van der Waals surface area contributed by atoms with E-state index >= 15 is 0 Å². The molecule has 6 nitrogen and oxygen atoms in total. The van der Waals surface area contributed by atoms with E-state index in [9.17, 15) is 24.9 Å². The summed E-state index contributed by atoms with van der Waals surface area (Å²) in [4.78, 5) is 25.6.